The van der Waals surface area contributed by atoms with Crippen LogP contribution in [0, 0.1) is 6.92 Å². The van der Waals surface area contributed by atoms with Gasteiger partial charge in [-0.15, -0.1) is 0 Å². The molecule has 2 aromatic rings. The first kappa shape index (κ1) is 18.7. The standard InChI is InChI=1S/C19H22ClNO2S/c1-3-23-18-8-7-16(11-14(18)2)19(22)21-9-10-24-13-15-5-4-6-17(20)12-15/h4-8,11-12H,3,9-10,13H2,1-2H3,(H,21,22). The number of nitrogens with one attached hydrogen (secondary N) is 1. The molecule has 0 spiro atoms. The lowest BCUT2D eigenvalue weighted by molar-refractivity contribution is 0.0956. The summed E-state index contributed by atoms with van der Waals surface area (Å²) < 4.78 is 5.49. The van der Waals surface area contributed by atoms with Gasteiger partial charge in [0.15, 0.2) is 0 Å². The van der Waals surface area contributed by atoms with Crippen molar-refractivity contribution in [2.75, 3.05) is 18.9 Å². The lowest BCUT2D eigenvalue weighted by Gasteiger charge is -2.09. The van der Waals surface area contributed by atoms with Gasteiger partial charge in [0.1, 0.15) is 5.75 Å². The van der Waals surface area contributed by atoms with Crippen molar-refractivity contribution in [2.24, 2.45) is 0 Å². The SMILES string of the molecule is CCOc1ccc(C(=O)NCCSCc2cccc(Cl)c2)cc1C. The molecule has 0 heterocycles. The van der Waals surface area contributed by atoms with Gasteiger partial charge in [0.25, 0.3) is 5.91 Å². The topological polar surface area (TPSA) is 38.3 Å². The Hall–Kier alpha value is -1.65. The van der Waals surface area contributed by atoms with Crippen molar-refractivity contribution in [1.29, 1.82) is 0 Å². The molecule has 0 atom stereocenters. The van der Waals surface area contributed by atoms with Gasteiger partial charge in [0.05, 0.1) is 6.61 Å². The number of aryl methyl sites for hydroxylation is 1. The van der Waals surface area contributed by atoms with Crippen LogP contribution in [0.25, 0.3) is 0 Å². The molecule has 0 aliphatic carbocycles. The highest BCUT2D eigenvalue weighted by Crippen LogP contribution is 2.19. The van der Waals surface area contributed by atoms with Gasteiger partial charge in [-0.2, -0.15) is 11.8 Å². The van der Waals surface area contributed by atoms with Crippen molar-refractivity contribution in [2.45, 2.75) is 19.6 Å². The zero-order chi connectivity index (χ0) is 17.4. The second-order valence-corrected chi connectivity index (χ2v) is 6.89. The van der Waals surface area contributed by atoms with Crippen LogP contribution in [0.1, 0.15) is 28.4 Å². The molecule has 0 aliphatic rings. The Morgan fingerprint density at radius 3 is 2.79 bits per heavy atom. The number of rotatable bonds is 8. The summed E-state index contributed by atoms with van der Waals surface area (Å²) in [5.41, 5.74) is 2.83. The molecule has 3 nitrogen and oxygen atoms in total. The van der Waals surface area contributed by atoms with Crippen molar-refractivity contribution in [3.8, 4) is 5.75 Å². The molecule has 24 heavy (non-hydrogen) atoms. The molecule has 5 heteroatoms. The third-order valence-corrected chi connectivity index (χ3v) is 4.69. The number of ether oxygens (including phenoxy) is 1. The van der Waals surface area contributed by atoms with E-state index in [9.17, 15) is 4.79 Å². The van der Waals surface area contributed by atoms with E-state index in [0.717, 1.165) is 27.8 Å². The van der Waals surface area contributed by atoms with E-state index >= 15 is 0 Å². The van der Waals surface area contributed by atoms with Crippen LogP contribution < -0.4 is 10.1 Å². The Morgan fingerprint density at radius 1 is 1.25 bits per heavy atom. The molecule has 128 valence electrons. The van der Waals surface area contributed by atoms with Crippen LogP contribution in [0.2, 0.25) is 5.02 Å². The van der Waals surface area contributed by atoms with Gasteiger partial charge in [0.2, 0.25) is 0 Å². The lowest BCUT2D eigenvalue weighted by atomic mass is 10.1. The minimum atomic E-state index is -0.0514. The smallest absolute Gasteiger partial charge is 0.251 e. The highest BCUT2D eigenvalue weighted by molar-refractivity contribution is 7.98. The van der Waals surface area contributed by atoms with E-state index in [4.69, 9.17) is 16.3 Å². The van der Waals surface area contributed by atoms with Crippen LogP contribution in [0.3, 0.4) is 0 Å². The summed E-state index contributed by atoms with van der Waals surface area (Å²) in [6, 6.07) is 13.4. The van der Waals surface area contributed by atoms with E-state index < -0.39 is 0 Å². The van der Waals surface area contributed by atoms with Crippen molar-refractivity contribution >= 4 is 29.3 Å². The highest BCUT2D eigenvalue weighted by Gasteiger charge is 2.07. The summed E-state index contributed by atoms with van der Waals surface area (Å²) in [7, 11) is 0. The third-order valence-electron chi connectivity index (χ3n) is 3.43. The monoisotopic (exact) mass is 363 g/mol. The van der Waals surface area contributed by atoms with Crippen molar-refractivity contribution in [3.05, 3.63) is 64.2 Å². The van der Waals surface area contributed by atoms with Crippen LogP contribution in [-0.2, 0) is 5.75 Å². The Bertz CT molecular complexity index is 691. The number of thioether (sulfide) groups is 1. The predicted octanol–water partition coefficient (Wildman–Crippen LogP) is 4.71. The van der Waals surface area contributed by atoms with Crippen molar-refractivity contribution in [3.63, 3.8) is 0 Å². The Labute approximate surface area is 152 Å². The van der Waals surface area contributed by atoms with E-state index in [1.54, 1.807) is 17.8 Å². The van der Waals surface area contributed by atoms with E-state index in [0.29, 0.717) is 18.7 Å². The molecule has 2 aromatic carbocycles. The average molecular weight is 364 g/mol. The van der Waals surface area contributed by atoms with E-state index in [-0.39, 0.29) is 5.91 Å². The molecule has 0 radical (unpaired) electrons. The first-order chi connectivity index (χ1) is 11.6. The van der Waals surface area contributed by atoms with Gasteiger partial charge in [-0.1, -0.05) is 23.7 Å². The van der Waals surface area contributed by atoms with Gasteiger partial charge in [0, 0.05) is 28.6 Å². The number of hydrogen-bond acceptors (Lipinski definition) is 3. The van der Waals surface area contributed by atoms with E-state index in [1.165, 1.54) is 5.56 Å². The molecule has 0 aromatic heterocycles. The molecule has 0 saturated heterocycles. The summed E-state index contributed by atoms with van der Waals surface area (Å²) >= 11 is 7.73. The molecule has 1 N–H and O–H groups in total. The maximum absolute atomic E-state index is 12.2. The molecular formula is C19H22ClNO2S. The number of amides is 1. The van der Waals surface area contributed by atoms with Gasteiger partial charge < -0.3 is 10.1 Å². The van der Waals surface area contributed by atoms with Crippen molar-refractivity contribution in [1.82, 2.24) is 5.32 Å². The highest BCUT2D eigenvalue weighted by atomic mass is 35.5. The summed E-state index contributed by atoms with van der Waals surface area (Å²) in [6.45, 7) is 5.15. The van der Waals surface area contributed by atoms with Gasteiger partial charge in [-0.05, 0) is 55.3 Å². The lowest BCUT2D eigenvalue weighted by Crippen LogP contribution is -2.25. The van der Waals surface area contributed by atoms with Crippen LogP contribution >= 0.6 is 23.4 Å². The number of benzene rings is 2. The normalized spacial score (nSPS) is 10.5. The molecular weight excluding hydrogens is 342 g/mol. The largest absolute Gasteiger partial charge is 0.494 e. The third kappa shape index (κ3) is 5.77. The quantitative estimate of drug-likeness (QED) is 0.690. The second-order valence-electron chi connectivity index (χ2n) is 5.35. The average Bonchev–Trinajstić information content (AvgIpc) is 2.56. The molecule has 0 bridgehead atoms. The van der Waals surface area contributed by atoms with E-state index in [2.05, 4.69) is 11.4 Å². The number of carbonyl (C=O) groups excluding carboxylic acids is 1. The number of hydrogen-bond donors (Lipinski definition) is 1. The fourth-order valence-corrected chi connectivity index (χ4v) is 3.28. The molecule has 0 saturated carbocycles. The van der Waals surface area contributed by atoms with Crippen LogP contribution in [0.4, 0.5) is 0 Å². The van der Waals surface area contributed by atoms with E-state index in [1.807, 2.05) is 44.2 Å². The first-order valence-corrected chi connectivity index (χ1v) is 9.47. The maximum atomic E-state index is 12.2. The Kier molecular flexibility index (Phi) is 7.47. The molecule has 2 rings (SSSR count). The Morgan fingerprint density at radius 2 is 2.08 bits per heavy atom. The first-order valence-electron chi connectivity index (χ1n) is 7.94. The van der Waals surface area contributed by atoms with Crippen LogP contribution in [0.15, 0.2) is 42.5 Å². The molecule has 0 aliphatic heterocycles. The predicted molar refractivity (Wildman–Crippen MR) is 102 cm³/mol. The van der Waals surface area contributed by atoms with Crippen molar-refractivity contribution < 1.29 is 9.53 Å². The number of carbonyl (C=O) groups is 1. The van der Waals surface area contributed by atoms with Gasteiger partial charge in [-0.3, -0.25) is 4.79 Å². The fourth-order valence-electron chi connectivity index (χ4n) is 2.26. The summed E-state index contributed by atoms with van der Waals surface area (Å²) in [5, 5.41) is 3.71. The zero-order valence-electron chi connectivity index (χ0n) is 14.0. The van der Waals surface area contributed by atoms with Crippen LogP contribution in [-0.4, -0.2) is 24.8 Å². The summed E-state index contributed by atoms with van der Waals surface area (Å²) in [4.78, 5) is 12.2. The molecule has 0 unspecified atom stereocenters. The van der Waals surface area contributed by atoms with Crippen LogP contribution in [0.5, 0.6) is 5.75 Å². The molecule has 0 fully saturated rings. The fraction of sp³-hybridized carbons (Fsp3) is 0.316. The zero-order valence-corrected chi connectivity index (χ0v) is 15.5. The number of halogens is 1. The van der Waals surface area contributed by atoms with Gasteiger partial charge in [-0.25, -0.2) is 0 Å². The van der Waals surface area contributed by atoms with Gasteiger partial charge >= 0.3 is 0 Å². The Balaban J connectivity index is 1.74. The minimum Gasteiger partial charge on any atom is -0.494 e. The minimum absolute atomic E-state index is 0.0514. The summed E-state index contributed by atoms with van der Waals surface area (Å²) in [6.07, 6.45) is 0. The maximum Gasteiger partial charge on any atom is 0.251 e. The molecule has 1 amide bonds. The summed E-state index contributed by atoms with van der Waals surface area (Å²) in [5.74, 6) is 2.52. The second kappa shape index (κ2) is 9.60.